The van der Waals surface area contributed by atoms with Crippen molar-refractivity contribution in [2.75, 3.05) is 6.61 Å². The van der Waals surface area contributed by atoms with Crippen LogP contribution in [0.15, 0.2) is 48.7 Å². The van der Waals surface area contributed by atoms with E-state index in [0.29, 0.717) is 0 Å². The Labute approximate surface area is 115 Å². The minimum Gasteiger partial charge on any atom is -0.493 e. The highest BCUT2D eigenvalue weighted by atomic mass is 19.1. The number of ether oxygens (including phenoxy) is 1. The molecule has 98 valence electrons. The highest BCUT2D eigenvalue weighted by Gasteiger charge is 2.14. The smallest absolute Gasteiger partial charge is 0.124 e. The maximum Gasteiger partial charge on any atom is 0.124 e. The zero-order valence-electron chi connectivity index (χ0n) is 10.8. The number of halogens is 1. The molecule has 0 amide bonds. The van der Waals surface area contributed by atoms with Crippen molar-refractivity contribution in [1.29, 1.82) is 0 Å². The van der Waals surface area contributed by atoms with Gasteiger partial charge < -0.3 is 4.74 Å². The predicted molar refractivity (Wildman–Crippen MR) is 76.3 cm³/mol. The van der Waals surface area contributed by atoms with E-state index in [0.717, 1.165) is 40.8 Å². The Kier molecular flexibility index (Phi) is 2.46. The van der Waals surface area contributed by atoms with Crippen LogP contribution in [-0.4, -0.2) is 11.6 Å². The molecule has 0 bridgehead atoms. The molecule has 2 nitrogen and oxygen atoms in total. The molecule has 2 aromatic carbocycles. The first-order valence-electron chi connectivity index (χ1n) is 6.62. The normalized spacial score (nSPS) is 13.2. The van der Waals surface area contributed by atoms with Crippen LogP contribution in [0.4, 0.5) is 4.39 Å². The van der Waals surface area contributed by atoms with Crippen molar-refractivity contribution < 1.29 is 9.13 Å². The summed E-state index contributed by atoms with van der Waals surface area (Å²) >= 11 is 0. The minimum absolute atomic E-state index is 0.248. The second-order valence-corrected chi connectivity index (χ2v) is 4.95. The Morgan fingerprint density at radius 2 is 2.05 bits per heavy atom. The molecule has 1 aliphatic rings. The number of hydrogen-bond donors (Lipinski definition) is 0. The molecule has 0 saturated heterocycles. The zero-order chi connectivity index (χ0) is 13.5. The molecular weight excluding hydrogens is 253 g/mol. The van der Waals surface area contributed by atoms with Gasteiger partial charge in [-0.05, 0) is 35.4 Å². The molecule has 3 heteroatoms. The maximum absolute atomic E-state index is 13.8. The molecule has 1 aliphatic heterocycles. The van der Waals surface area contributed by atoms with Crippen molar-refractivity contribution in [3.8, 4) is 16.9 Å². The van der Waals surface area contributed by atoms with E-state index in [9.17, 15) is 4.39 Å². The fraction of sp³-hybridized carbons (Fsp3) is 0.118. The molecule has 3 aromatic rings. The summed E-state index contributed by atoms with van der Waals surface area (Å²) in [5.41, 5.74) is 3.77. The van der Waals surface area contributed by atoms with Crippen LogP contribution in [0.5, 0.6) is 5.75 Å². The van der Waals surface area contributed by atoms with Crippen LogP contribution in [0.25, 0.3) is 22.0 Å². The van der Waals surface area contributed by atoms with Crippen LogP contribution in [0, 0.1) is 5.82 Å². The van der Waals surface area contributed by atoms with Gasteiger partial charge in [-0.1, -0.05) is 18.2 Å². The minimum atomic E-state index is -0.248. The van der Waals surface area contributed by atoms with E-state index in [1.807, 2.05) is 24.3 Å². The van der Waals surface area contributed by atoms with E-state index in [-0.39, 0.29) is 5.82 Å². The van der Waals surface area contributed by atoms with Crippen molar-refractivity contribution in [2.45, 2.75) is 6.42 Å². The number of rotatable bonds is 1. The standard InChI is InChI=1S/C17H12FNO/c18-14-8-13-2-1-6-19-17(13)15(10-14)12-4-3-11-5-7-20-16(11)9-12/h1-4,6,8-10H,5,7H2. The van der Waals surface area contributed by atoms with Crippen LogP contribution in [-0.2, 0) is 6.42 Å². The van der Waals surface area contributed by atoms with Crippen molar-refractivity contribution in [3.05, 3.63) is 60.0 Å². The third kappa shape index (κ3) is 1.74. The Morgan fingerprint density at radius 3 is 3.00 bits per heavy atom. The Hall–Kier alpha value is -2.42. The van der Waals surface area contributed by atoms with Gasteiger partial charge in [-0.25, -0.2) is 4.39 Å². The van der Waals surface area contributed by atoms with Crippen molar-refractivity contribution in [1.82, 2.24) is 4.98 Å². The summed E-state index contributed by atoms with van der Waals surface area (Å²) in [4.78, 5) is 4.38. The molecule has 0 radical (unpaired) electrons. The number of hydrogen-bond acceptors (Lipinski definition) is 2. The van der Waals surface area contributed by atoms with E-state index < -0.39 is 0 Å². The molecule has 1 aromatic heterocycles. The number of fused-ring (bicyclic) bond motifs is 2. The molecule has 0 aliphatic carbocycles. The monoisotopic (exact) mass is 265 g/mol. The highest BCUT2D eigenvalue weighted by molar-refractivity contribution is 5.93. The van der Waals surface area contributed by atoms with Gasteiger partial charge in [-0.2, -0.15) is 0 Å². The Bertz CT molecular complexity index is 813. The summed E-state index contributed by atoms with van der Waals surface area (Å²) in [6.45, 7) is 0.723. The van der Waals surface area contributed by atoms with Crippen LogP contribution >= 0.6 is 0 Å². The van der Waals surface area contributed by atoms with Gasteiger partial charge in [0.1, 0.15) is 11.6 Å². The molecule has 0 atom stereocenters. The van der Waals surface area contributed by atoms with Crippen LogP contribution in [0.3, 0.4) is 0 Å². The van der Waals surface area contributed by atoms with Crippen molar-refractivity contribution in [3.63, 3.8) is 0 Å². The summed E-state index contributed by atoms with van der Waals surface area (Å²) in [7, 11) is 0. The zero-order valence-corrected chi connectivity index (χ0v) is 10.8. The van der Waals surface area contributed by atoms with Gasteiger partial charge in [0.25, 0.3) is 0 Å². The maximum atomic E-state index is 13.8. The molecule has 0 spiro atoms. The van der Waals surface area contributed by atoms with Crippen LogP contribution in [0.2, 0.25) is 0 Å². The highest BCUT2D eigenvalue weighted by Crippen LogP contribution is 2.34. The van der Waals surface area contributed by atoms with Gasteiger partial charge in [0.15, 0.2) is 0 Å². The summed E-state index contributed by atoms with van der Waals surface area (Å²) in [5.74, 6) is 0.651. The van der Waals surface area contributed by atoms with Gasteiger partial charge in [0.05, 0.1) is 12.1 Å². The molecule has 0 N–H and O–H groups in total. The van der Waals surface area contributed by atoms with Crippen molar-refractivity contribution in [2.24, 2.45) is 0 Å². The molecule has 0 unspecified atom stereocenters. The molecule has 4 rings (SSSR count). The molecule has 0 fully saturated rings. The first-order valence-corrected chi connectivity index (χ1v) is 6.62. The van der Waals surface area contributed by atoms with Gasteiger partial charge in [0, 0.05) is 23.6 Å². The van der Waals surface area contributed by atoms with Gasteiger partial charge in [-0.15, -0.1) is 0 Å². The average Bonchev–Trinajstić information content (AvgIpc) is 2.93. The second kappa shape index (κ2) is 4.30. The third-order valence-electron chi connectivity index (χ3n) is 3.68. The largest absolute Gasteiger partial charge is 0.493 e. The first-order chi connectivity index (χ1) is 9.81. The molecule has 2 heterocycles. The van der Waals surface area contributed by atoms with E-state index in [1.165, 1.54) is 17.7 Å². The Morgan fingerprint density at radius 1 is 1.10 bits per heavy atom. The Balaban J connectivity index is 1.98. The van der Waals surface area contributed by atoms with Crippen LogP contribution < -0.4 is 4.74 Å². The van der Waals surface area contributed by atoms with E-state index in [1.54, 1.807) is 6.20 Å². The molecule has 0 saturated carbocycles. The second-order valence-electron chi connectivity index (χ2n) is 4.95. The van der Waals surface area contributed by atoms with Crippen LogP contribution in [0.1, 0.15) is 5.56 Å². The van der Waals surface area contributed by atoms with Gasteiger partial charge >= 0.3 is 0 Å². The van der Waals surface area contributed by atoms with E-state index in [2.05, 4.69) is 11.1 Å². The predicted octanol–water partition coefficient (Wildman–Crippen LogP) is 3.98. The number of pyridine rings is 1. The molecule has 20 heavy (non-hydrogen) atoms. The third-order valence-corrected chi connectivity index (χ3v) is 3.68. The first kappa shape index (κ1) is 11.4. The fourth-order valence-corrected chi connectivity index (χ4v) is 2.71. The van der Waals surface area contributed by atoms with E-state index in [4.69, 9.17) is 4.74 Å². The van der Waals surface area contributed by atoms with E-state index >= 15 is 0 Å². The SMILES string of the molecule is Fc1cc(-c2ccc3c(c2)OCC3)c2ncccc2c1. The van der Waals surface area contributed by atoms with Gasteiger partial charge in [-0.3, -0.25) is 4.98 Å². The lowest BCUT2D eigenvalue weighted by Crippen LogP contribution is -1.88. The summed E-state index contributed by atoms with van der Waals surface area (Å²) < 4.78 is 19.4. The topological polar surface area (TPSA) is 22.1 Å². The van der Waals surface area contributed by atoms with Gasteiger partial charge in [0.2, 0.25) is 0 Å². The molecular formula is C17H12FNO. The summed E-state index contributed by atoms with van der Waals surface area (Å²) in [5, 5.41) is 0.809. The lowest BCUT2D eigenvalue weighted by atomic mass is 10.00. The summed E-state index contributed by atoms with van der Waals surface area (Å²) in [6, 6.07) is 12.8. The number of benzene rings is 2. The summed E-state index contributed by atoms with van der Waals surface area (Å²) in [6.07, 6.45) is 2.67. The average molecular weight is 265 g/mol. The fourth-order valence-electron chi connectivity index (χ4n) is 2.71. The lowest BCUT2D eigenvalue weighted by molar-refractivity contribution is 0.357. The quantitative estimate of drug-likeness (QED) is 0.664. The van der Waals surface area contributed by atoms with Crippen molar-refractivity contribution >= 4 is 10.9 Å². The lowest BCUT2D eigenvalue weighted by Gasteiger charge is -2.08. The number of nitrogens with zero attached hydrogens (tertiary/aromatic N) is 1. The number of aromatic nitrogens is 1.